The highest BCUT2D eigenvalue weighted by Gasteiger charge is 2.32. The van der Waals surface area contributed by atoms with E-state index < -0.39 is 6.30 Å². The Balaban J connectivity index is 1.85. The van der Waals surface area contributed by atoms with Gasteiger partial charge in [-0.15, -0.1) is 13.2 Å². The highest BCUT2D eigenvalue weighted by molar-refractivity contribution is 6.29. The maximum absolute atomic E-state index is 12.8. The van der Waals surface area contributed by atoms with Gasteiger partial charge in [-0.05, 0) is 25.0 Å². The van der Waals surface area contributed by atoms with E-state index in [-0.39, 0.29) is 21.4 Å². The first-order valence-corrected chi connectivity index (χ1v) is 8.48. The lowest BCUT2D eigenvalue weighted by Crippen LogP contribution is -2.16. The molecule has 0 bridgehead atoms. The summed E-state index contributed by atoms with van der Waals surface area (Å²) < 4.78 is 40.3. The molecule has 0 aromatic carbocycles. The third kappa shape index (κ3) is 2.99. The molecule has 1 aliphatic carbocycles. The molecule has 3 heterocycles. The van der Waals surface area contributed by atoms with Gasteiger partial charge in [-0.3, -0.25) is 4.68 Å². The summed E-state index contributed by atoms with van der Waals surface area (Å²) in [7, 11) is 0. The molecule has 5 nitrogen and oxygen atoms in total. The average Bonchev–Trinajstić information content (AvgIpc) is 3.19. The van der Waals surface area contributed by atoms with E-state index in [0.29, 0.717) is 11.2 Å². The van der Waals surface area contributed by atoms with Crippen molar-refractivity contribution in [3.63, 3.8) is 0 Å². The normalized spacial score (nSPS) is 16.6. The van der Waals surface area contributed by atoms with Crippen molar-refractivity contribution in [2.24, 2.45) is 0 Å². The highest BCUT2D eigenvalue weighted by atomic mass is 35.5. The molecule has 1 fully saturated rings. The molecule has 0 aliphatic heterocycles. The molecular weight excluding hydrogens is 355 g/mol. The monoisotopic (exact) mass is 369 g/mol. The fraction of sp³-hybridized carbons (Fsp3) is 0.438. The van der Waals surface area contributed by atoms with Crippen molar-refractivity contribution in [1.29, 1.82) is 0 Å². The summed E-state index contributed by atoms with van der Waals surface area (Å²) in [6.45, 7) is 0. The number of halogens is 4. The summed E-state index contributed by atoms with van der Waals surface area (Å²) in [5, 5.41) is 8.27. The van der Waals surface area contributed by atoms with Gasteiger partial charge in [-0.25, -0.2) is 4.98 Å². The van der Waals surface area contributed by atoms with Crippen LogP contribution in [-0.2, 0) is 6.30 Å². The van der Waals surface area contributed by atoms with Gasteiger partial charge in [0.25, 0.3) is 0 Å². The van der Waals surface area contributed by atoms with Crippen LogP contribution in [0.5, 0.6) is 0 Å². The summed E-state index contributed by atoms with van der Waals surface area (Å²) in [5.74, 6) is 0. The molecule has 0 unspecified atom stereocenters. The second-order valence-electron chi connectivity index (χ2n) is 6.23. The van der Waals surface area contributed by atoms with Crippen LogP contribution in [0.15, 0.2) is 24.5 Å². The van der Waals surface area contributed by atoms with Crippen LogP contribution in [0.2, 0.25) is 5.15 Å². The van der Waals surface area contributed by atoms with Gasteiger partial charge in [0.05, 0.1) is 17.8 Å². The number of fused-ring (bicyclic) bond motifs is 1. The Hall–Kier alpha value is -2.09. The zero-order chi connectivity index (χ0) is 17.6. The zero-order valence-electron chi connectivity index (χ0n) is 13.2. The van der Waals surface area contributed by atoms with E-state index in [1.165, 1.54) is 6.42 Å². The van der Waals surface area contributed by atoms with Crippen molar-refractivity contribution in [2.75, 3.05) is 0 Å². The van der Waals surface area contributed by atoms with E-state index >= 15 is 0 Å². The topological polar surface area (TPSA) is 48.5 Å². The van der Waals surface area contributed by atoms with Crippen LogP contribution in [0.1, 0.15) is 38.1 Å². The minimum atomic E-state index is -4.56. The molecule has 1 saturated carbocycles. The number of nitrogens with zero attached hydrogens (tertiary/aromatic N) is 5. The van der Waals surface area contributed by atoms with Crippen LogP contribution in [0.25, 0.3) is 22.3 Å². The van der Waals surface area contributed by atoms with E-state index in [2.05, 4.69) is 15.2 Å². The van der Waals surface area contributed by atoms with Crippen LogP contribution in [0, 0.1) is 0 Å². The van der Waals surface area contributed by atoms with Gasteiger partial charge in [-0.1, -0.05) is 30.9 Å². The minimum absolute atomic E-state index is 0.0294. The molecule has 0 atom stereocenters. The number of pyridine rings is 1. The minimum Gasteiger partial charge on any atom is -0.260 e. The van der Waals surface area contributed by atoms with Crippen molar-refractivity contribution < 1.29 is 13.2 Å². The predicted molar refractivity (Wildman–Crippen MR) is 87.2 cm³/mol. The van der Waals surface area contributed by atoms with E-state index in [0.717, 1.165) is 43.6 Å². The smallest absolute Gasteiger partial charge is 0.260 e. The summed E-state index contributed by atoms with van der Waals surface area (Å²) in [4.78, 5) is 4.30. The lowest BCUT2D eigenvalue weighted by Gasteiger charge is -2.22. The summed E-state index contributed by atoms with van der Waals surface area (Å²) in [5.41, 5.74) is 1.93. The van der Waals surface area contributed by atoms with Crippen molar-refractivity contribution in [1.82, 2.24) is 24.5 Å². The Morgan fingerprint density at radius 2 is 1.88 bits per heavy atom. The van der Waals surface area contributed by atoms with Crippen molar-refractivity contribution >= 4 is 22.6 Å². The van der Waals surface area contributed by atoms with Gasteiger partial charge < -0.3 is 0 Å². The van der Waals surface area contributed by atoms with Gasteiger partial charge in [0.15, 0.2) is 0 Å². The lowest BCUT2D eigenvalue weighted by atomic mass is 9.95. The van der Waals surface area contributed by atoms with Gasteiger partial charge in [0.2, 0.25) is 0 Å². The molecule has 3 aromatic rings. The predicted octanol–water partition coefficient (Wildman–Crippen LogP) is 4.93. The molecular formula is C16H15ClF3N5. The lowest BCUT2D eigenvalue weighted by molar-refractivity contribution is -0.212. The highest BCUT2D eigenvalue weighted by Crippen LogP contribution is 2.35. The Kier molecular flexibility index (Phi) is 3.94. The largest absolute Gasteiger partial charge is 0.504 e. The fourth-order valence-electron chi connectivity index (χ4n) is 3.38. The molecule has 0 saturated heterocycles. The fourth-order valence-corrected chi connectivity index (χ4v) is 3.53. The number of hydrogen-bond acceptors (Lipinski definition) is 3. The second kappa shape index (κ2) is 6.01. The van der Waals surface area contributed by atoms with E-state index in [9.17, 15) is 13.2 Å². The van der Waals surface area contributed by atoms with Crippen molar-refractivity contribution in [3.8, 4) is 11.3 Å². The molecule has 0 spiro atoms. The molecule has 0 N–H and O–H groups in total. The number of rotatable bonds is 2. The second-order valence-corrected chi connectivity index (χ2v) is 6.62. The van der Waals surface area contributed by atoms with Crippen LogP contribution >= 0.6 is 11.6 Å². The first-order valence-electron chi connectivity index (χ1n) is 8.10. The summed E-state index contributed by atoms with van der Waals surface area (Å²) >= 11 is 6.00. The first kappa shape index (κ1) is 16.4. The Labute approximate surface area is 146 Å². The molecule has 0 amide bonds. The van der Waals surface area contributed by atoms with Crippen molar-refractivity contribution in [3.05, 3.63) is 29.7 Å². The quantitative estimate of drug-likeness (QED) is 0.602. The summed E-state index contributed by atoms with van der Waals surface area (Å²) in [6, 6.07) is 3.73. The van der Waals surface area contributed by atoms with Crippen molar-refractivity contribution in [2.45, 2.75) is 44.4 Å². The number of alkyl halides is 3. The molecule has 3 aromatic heterocycles. The van der Waals surface area contributed by atoms with Crippen LogP contribution < -0.4 is 0 Å². The van der Waals surface area contributed by atoms with E-state index in [1.807, 2.05) is 10.7 Å². The molecule has 1 aliphatic rings. The molecule has 25 heavy (non-hydrogen) atoms. The third-order valence-corrected chi connectivity index (χ3v) is 4.77. The number of hydrogen-bond donors (Lipinski definition) is 0. The molecule has 4 rings (SSSR count). The Bertz CT molecular complexity index is 908. The molecule has 9 heteroatoms. The molecule has 132 valence electrons. The SMILES string of the molecule is FC(F)(F)n1cc(-c2nn(C3CCCCC3)c3ccc(Cl)nc23)cn1. The number of aromatic nitrogens is 5. The van der Waals surface area contributed by atoms with Crippen LogP contribution in [0.3, 0.4) is 0 Å². The average molecular weight is 370 g/mol. The standard InChI is InChI=1S/C16H15ClF3N5/c17-13-7-6-12-15(22-13)14(10-8-21-24(9-10)16(18,19)20)23-25(12)11-4-2-1-3-5-11/h6-9,11H,1-5H2. The van der Waals surface area contributed by atoms with E-state index in [1.54, 1.807) is 6.07 Å². The Morgan fingerprint density at radius 3 is 2.56 bits per heavy atom. The third-order valence-electron chi connectivity index (χ3n) is 4.56. The van der Waals surface area contributed by atoms with Gasteiger partial charge in [-0.2, -0.15) is 14.9 Å². The Morgan fingerprint density at radius 1 is 1.12 bits per heavy atom. The molecule has 0 radical (unpaired) electrons. The summed E-state index contributed by atoms with van der Waals surface area (Å²) in [6.07, 6.45) is 2.96. The van der Waals surface area contributed by atoms with Crippen LogP contribution in [0.4, 0.5) is 13.2 Å². The first-order chi connectivity index (χ1) is 11.9. The zero-order valence-corrected chi connectivity index (χ0v) is 13.9. The van der Waals surface area contributed by atoms with Gasteiger partial charge >= 0.3 is 6.30 Å². The van der Waals surface area contributed by atoms with E-state index in [4.69, 9.17) is 11.6 Å². The van der Waals surface area contributed by atoms with Gasteiger partial charge in [0.1, 0.15) is 16.4 Å². The maximum atomic E-state index is 12.8. The van der Waals surface area contributed by atoms with Crippen LogP contribution in [-0.4, -0.2) is 24.5 Å². The maximum Gasteiger partial charge on any atom is 0.504 e. The van der Waals surface area contributed by atoms with Gasteiger partial charge in [0, 0.05) is 11.8 Å².